The smallest absolute Gasteiger partial charge is 0.170 e. The zero-order chi connectivity index (χ0) is 14.6. The minimum atomic E-state index is -0.573. The Morgan fingerprint density at radius 3 is 2.70 bits per heavy atom. The summed E-state index contributed by atoms with van der Waals surface area (Å²) in [6.45, 7) is 4.80. The number of halogens is 1. The number of Topliss-reactive ketones (excluding diaryl/α,β-unsaturated/α-hetero) is 1. The number of rotatable bonds is 5. The molecule has 0 radical (unpaired) electrons. The van der Waals surface area contributed by atoms with Crippen LogP contribution in [-0.2, 0) is 16.0 Å². The zero-order valence-corrected chi connectivity index (χ0v) is 13.8. The molecule has 1 aliphatic carbocycles. The normalized spacial score (nSPS) is 26.4. The third kappa shape index (κ3) is 3.67. The lowest BCUT2D eigenvalue weighted by Crippen LogP contribution is -2.45. The Kier molecular flexibility index (Phi) is 5.33. The first kappa shape index (κ1) is 15.6. The van der Waals surface area contributed by atoms with E-state index >= 15 is 0 Å². The van der Waals surface area contributed by atoms with Crippen molar-refractivity contribution in [2.45, 2.75) is 51.6 Å². The van der Waals surface area contributed by atoms with E-state index in [0.717, 1.165) is 35.8 Å². The molecule has 1 fully saturated rings. The molecule has 0 bridgehead atoms. The van der Waals surface area contributed by atoms with Crippen molar-refractivity contribution in [3.8, 4) is 0 Å². The van der Waals surface area contributed by atoms with Crippen molar-refractivity contribution in [3.05, 3.63) is 28.5 Å². The predicted octanol–water partition coefficient (Wildman–Crippen LogP) is 3.94. The lowest BCUT2D eigenvalue weighted by atomic mass is 9.76. The van der Waals surface area contributed by atoms with Crippen LogP contribution in [0.25, 0.3) is 0 Å². The Bertz CT molecular complexity index is 450. The van der Waals surface area contributed by atoms with Gasteiger partial charge >= 0.3 is 0 Å². The second-order valence-corrected chi connectivity index (χ2v) is 6.59. The Balaban J connectivity index is 2.09. The highest BCUT2D eigenvalue weighted by molar-refractivity contribution is 9.10. The maximum absolute atomic E-state index is 12.7. The van der Waals surface area contributed by atoms with Crippen LogP contribution in [0.4, 0.5) is 0 Å². The molecule has 3 nitrogen and oxygen atoms in total. The van der Waals surface area contributed by atoms with Crippen molar-refractivity contribution >= 4 is 21.7 Å². The molecule has 0 spiro atoms. The van der Waals surface area contributed by atoms with Gasteiger partial charge in [0.1, 0.15) is 5.60 Å². The summed E-state index contributed by atoms with van der Waals surface area (Å²) in [6, 6.07) is 3.82. The van der Waals surface area contributed by atoms with E-state index in [4.69, 9.17) is 4.74 Å². The molecule has 0 unspecified atom stereocenters. The fourth-order valence-corrected chi connectivity index (χ4v) is 3.08. The van der Waals surface area contributed by atoms with Crippen molar-refractivity contribution in [2.75, 3.05) is 6.61 Å². The van der Waals surface area contributed by atoms with Gasteiger partial charge in [0, 0.05) is 23.0 Å². The molecule has 1 saturated carbocycles. The lowest BCUT2D eigenvalue weighted by Gasteiger charge is -2.37. The average Bonchev–Trinajstić information content (AvgIpc) is 2.44. The number of nitrogens with zero attached hydrogens (tertiary/aromatic N) is 1. The number of carbonyl (C=O) groups is 1. The van der Waals surface area contributed by atoms with Crippen LogP contribution in [0.2, 0.25) is 0 Å². The van der Waals surface area contributed by atoms with Gasteiger partial charge in [-0.3, -0.25) is 9.78 Å². The number of ether oxygens (including phenoxy) is 1. The Morgan fingerprint density at radius 1 is 1.45 bits per heavy atom. The summed E-state index contributed by atoms with van der Waals surface area (Å²) in [5, 5.41) is 0. The Hall–Kier alpha value is -0.740. The van der Waals surface area contributed by atoms with Crippen LogP contribution < -0.4 is 0 Å². The van der Waals surface area contributed by atoms with E-state index in [0.29, 0.717) is 18.9 Å². The van der Waals surface area contributed by atoms with Gasteiger partial charge in [-0.25, -0.2) is 0 Å². The van der Waals surface area contributed by atoms with Crippen LogP contribution in [0.1, 0.15) is 45.2 Å². The first-order valence-electron chi connectivity index (χ1n) is 7.33. The van der Waals surface area contributed by atoms with E-state index in [1.165, 1.54) is 0 Å². The molecule has 0 amide bonds. The molecule has 110 valence electrons. The second-order valence-electron chi connectivity index (χ2n) is 5.68. The van der Waals surface area contributed by atoms with Gasteiger partial charge in [-0.2, -0.15) is 0 Å². The molecule has 0 saturated heterocycles. The highest BCUT2D eigenvalue weighted by Crippen LogP contribution is 2.36. The van der Waals surface area contributed by atoms with E-state index < -0.39 is 5.60 Å². The summed E-state index contributed by atoms with van der Waals surface area (Å²) in [5.74, 6) is 0.878. The van der Waals surface area contributed by atoms with E-state index in [-0.39, 0.29) is 5.78 Å². The van der Waals surface area contributed by atoms with Crippen LogP contribution in [0.3, 0.4) is 0 Å². The van der Waals surface area contributed by atoms with E-state index in [2.05, 4.69) is 27.8 Å². The summed E-state index contributed by atoms with van der Waals surface area (Å²) in [6.07, 6.45) is 5.92. The standard InChI is InChI=1S/C16H22BrNO2/c1-3-20-16(8-6-12(2)7-9-16)15(19)10-14-5-4-13(17)11-18-14/h4-5,11-12H,3,6-10H2,1-2H3. The number of hydrogen-bond donors (Lipinski definition) is 0. The van der Waals surface area contributed by atoms with Crippen molar-refractivity contribution < 1.29 is 9.53 Å². The van der Waals surface area contributed by atoms with Crippen LogP contribution in [0.5, 0.6) is 0 Å². The van der Waals surface area contributed by atoms with Crippen LogP contribution in [0, 0.1) is 5.92 Å². The average molecular weight is 340 g/mol. The van der Waals surface area contributed by atoms with Crippen molar-refractivity contribution in [1.29, 1.82) is 0 Å². The van der Waals surface area contributed by atoms with E-state index in [1.54, 1.807) is 6.20 Å². The predicted molar refractivity (Wildman–Crippen MR) is 82.6 cm³/mol. The lowest BCUT2D eigenvalue weighted by molar-refractivity contribution is -0.149. The summed E-state index contributed by atoms with van der Waals surface area (Å²) in [5.41, 5.74) is 0.242. The molecule has 0 atom stereocenters. The van der Waals surface area contributed by atoms with Gasteiger partial charge in [-0.15, -0.1) is 0 Å². The quantitative estimate of drug-likeness (QED) is 0.815. The summed E-state index contributed by atoms with van der Waals surface area (Å²) in [7, 11) is 0. The van der Waals surface area contributed by atoms with Crippen molar-refractivity contribution in [3.63, 3.8) is 0 Å². The molecule has 1 aromatic rings. The van der Waals surface area contributed by atoms with Gasteiger partial charge in [0.2, 0.25) is 0 Å². The Morgan fingerprint density at radius 2 is 2.15 bits per heavy atom. The molecule has 1 heterocycles. The third-order valence-electron chi connectivity index (χ3n) is 4.14. The minimum Gasteiger partial charge on any atom is -0.367 e. The van der Waals surface area contributed by atoms with E-state index in [1.807, 2.05) is 19.1 Å². The second kappa shape index (κ2) is 6.81. The zero-order valence-electron chi connectivity index (χ0n) is 12.2. The first-order chi connectivity index (χ1) is 9.55. The third-order valence-corrected chi connectivity index (χ3v) is 4.61. The van der Waals surface area contributed by atoms with Crippen LogP contribution >= 0.6 is 15.9 Å². The highest BCUT2D eigenvalue weighted by atomic mass is 79.9. The van der Waals surface area contributed by atoms with Crippen LogP contribution in [0.15, 0.2) is 22.8 Å². The maximum Gasteiger partial charge on any atom is 0.170 e. The molecular formula is C16H22BrNO2. The van der Waals surface area contributed by atoms with E-state index in [9.17, 15) is 4.79 Å². The summed E-state index contributed by atoms with van der Waals surface area (Å²) >= 11 is 3.36. The van der Waals surface area contributed by atoms with Gasteiger partial charge in [0.05, 0.1) is 6.42 Å². The number of carbonyl (C=O) groups excluding carboxylic acids is 1. The maximum atomic E-state index is 12.7. The highest BCUT2D eigenvalue weighted by Gasteiger charge is 2.41. The van der Waals surface area contributed by atoms with Crippen LogP contribution in [-0.4, -0.2) is 23.0 Å². The van der Waals surface area contributed by atoms with Crippen molar-refractivity contribution in [1.82, 2.24) is 4.98 Å². The molecule has 0 aromatic carbocycles. The summed E-state index contributed by atoms with van der Waals surface area (Å²) < 4.78 is 6.82. The largest absolute Gasteiger partial charge is 0.367 e. The fraction of sp³-hybridized carbons (Fsp3) is 0.625. The van der Waals surface area contributed by atoms with Gasteiger partial charge in [-0.1, -0.05) is 6.92 Å². The number of pyridine rings is 1. The molecule has 1 aliphatic rings. The summed E-state index contributed by atoms with van der Waals surface area (Å²) in [4.78, 5) is 17.0. The number of aromatic nitrogens is 1. The van der Waals surface area contributed by atoms with Crippen molar-refractivity contribution in [2.24, 2.45) is 5.92 Å². The van der Waals surface area contributed by atoms with Gasteiger partial charge in [-0.05, 0) is 66.6 Å². The fourth-order valence-electron chi connectivity index (χ4n) is 2.85. The SMILES string of the molecule is CCOC1(C(=O)Cc2ccc(Br)cn2)CCC(C)CC1. The molecule has 1 aromatic heterocycles. The Labute approximate surface area is 129 Å². The first-order valence-corrected chi connectivity index (χ1v) is 8.13. The molecule has 2 rings (SSSR count). The minimum absolute atomic E-state index is 0.182. The molecule has 0 N–H and O–H groups in total. The number of ketones is 1. The monoisotopic (exact) mass is 339 g/mol. The molecule has 4 heteroatoms. The van der Waals surface area contributed by atoms with Gasteiger partial charge < -0.3 is 4.74 Å². The molecule has 20 heavy (non-hydrogen) atoms. The molecular weight excluding hydrogens is 318 g/mol. The topological polar surface area (TPSA) is 39.2 Å². The van der Waals surface area contributed by atoms with Gasteiger partial charge in [0.25, 0.3) is 0 Å². The number of hydrogen-bond acceptors (Lipinski definition) is 3. The van der Waals surface area contributed by atoms with Gasteiger partial charge in [0.15, 0.2) is 5.78 Å². The molecule has 0 aliphatic heterocycles.